The Labute approximate surface area is 113 Å². The van der Waals surface area contributed by atoms with Gasteiger partial charge >= 0.3 is 0 Å². The number of hydrogen-bond donors (Lipinski definition) is 2. The Morgan fingerprint density at radius 3 is 2.89 bits per heavy atom. The minimum atomic E-state index is -3.58. The molecular weight excluding hydrogens is 266 g/mol. The maximum Gasteiger partial charge on any atom is 0.244 e. The molecule has 2 N–H and O–H groups in total. The first kappa shape index (κ1) is 14.2. The van der Waals surface area contributed by atoms with Crippen LogP contribution < -0.4 is 10.0 Å². The van der Waals surface area contributed by atoms with E-state index < -0.39 is 10.0 Å². The van der Waals surface area contributed by atoms with Crippen molar-refractivity contribution in [3.05, 3.63) is 18.3 Å². The Balaban J connectivity index is 2.23. The summed E-state index contributed by atoms with van der Waals surface area (Å²) in [4.78, 5) is 4.18. The summed E-state index contributed by atoms with van der Waals surface area (Å²) >= 11 is 0. The van der Waals surface area contributed by atoms with Crippen LogP contribution in [-0.4, -0.2) is 39.7 Å². The number of pyridine rings is 1. The van der Waals surface area contributed by atoms with Crippen LogP contribution in [0.15, 0.2) is 23.2 Å². The highest BCUT2D eigenvalue weighted by atomic mass is 32.2. The molecule has 0 bridgehead atoms. The van der Waals surface area contributed by atoms with E-state index in [4.69, 9.17) is 4.74 Å². The first-order valence-electron chi connectivity index (χ1n) is 6.26. The van der Waals surface area contributed by atoms with E-state index in [0.717, 1.165) is 19.3 Å². The number of aromatic nitrogens is 1. The van der Waals surface area contributed by atoms with Gasteiger partial charge in [-0.1, -0.05) is 0 Å². The Kier molecular flexibility index (Phi) is 4.38. The van der Waals surface area contributed by atoms with Crippen molar-refractivity contribution in [3.63, 3.8) is 0 Å². The van der Waals surface area contributed by atoms with Crippen LogP contribution in [0.3, 0.4) is 0 Å². The molecule has 1 aliphatic carbocycles. The molecule has 0 radical (unpaired) electrons. The molecule has 1 aromatic heterocycles. The van der Waals surface area contributed by atoms with Gasteiger partial charge in [0, 0.05) is 26.4 Å². The zero-order valence-electron chi connectivity index (χ0n) is 11.1. The van der Waals surface area contributed by atoms with Crippen molar-refractivity contribution in [2.24, 2.45) is 0 Å². The van der Waals surface area contributed by atoms with Crippen molar-refractivity contribution in [2.75, 3.05) is 19.5 Å². The SMILES string of the molecule is CNc1ncccc1S(=O)(=O)NC1CCCC1OC. The van der Waals surface area contributed by atoms with Gasteiger partial charge < -0.3 is 10.1 Å². The number of ether oxygens (including phenoxy) is 1. The molecule has 0 amide bonds. The first-order valence-corrected chi connectivity index (χ1v) is 7.74. The predicted octanol–water partition coefficient (Wildman–Crippen LogP) is 0.969. The van der Waals surface area contributed by atoms with Crippen LogP contribution in [0.4, 0.5) is 5.82 Å². The monoisotopic (exact) mass is 285 g/mol. The topological polar surface area (TPSA) is 80.3 Å². The largest absolute Gasteiger partial charge is 0.380 e. The van der Waals surface area contributed by atoms with Crippen molar-refractivity contribution in [3.8, 4) is 0 Å². The maximum atomic E-state index is 12.4. The summed E-state index contributed by atoms with van der Waals surface area (Å²) in [6.07, 6.45) is 4.16. The Morgan fingerprint density at radius 1 is 1.42 bits per heavy atom. The summed E-state index contributed by atoms with van der Waals surface area (Å²) in [6, 6.07) is 2.98. The average molecular weight is 285 g/mol. The van der Waals surface area contributed by atoms with Crippen molar-refractivity contribution in [1.82, 2.24) is 9.71 Å². The molecule has 1 aromatic rings. The number of rotatable bonds is 5. The molecule has 2 rings (SSSR count). The highest BCUT2D eigenvalue weighted by molar-refractivity contribution is 7.89. The van der Waals surface area contributed by atoms with Crippen LogP contribution in [0.25, 0.3) is 0 Å². The third-order valence-corrected chi connectivity index (χ3v) is 4.88. The van der Waals surface area contributed by atoms with Crippen LogP contribution in [0, 0.1) is 0 Å². The smallest absolute Gasteiger partial charge is 0.244 e. The van der Waals surface area contributed by atoms with Gasteiger partial charge in [-0.3, -0.25) is 0 Å². The minimum absolute atomic E-state index is 0.0514. The van der Waals surface area contributed by atoms with Crippen LogP contribution in [0.5, 0.6) is 0 Å². The molecule has 1 heterocycles. The molecule has 1 aliphatic rings. The fourth-order valence-electron chi connectivity index (χ4n) is 2.40. The van der Waals surface area contributed by atoms with Crippen molar-refractivity contribution in [1.29, 1.82) is 0 Å². The number of hydrogen-bond acceptors (Lipinski definition) is 5. The van der Waals surface area contributed by atoms with Crippen molar-refractivity contribution in [2.45, 2.75) is 36.3 Å². The van der Waals surface area contributed by atoms with Crippen molar-refractivity contribution >= 4 is 15.8 Å². The summed E-state index contributed by atoms with van der Waals surface area (Å²) in [5.41, 5.74) is 0. The fraction of sp³-hybridized carbons (Fsp3) is 0.583. The van der Waals surface area contributed by atoms with Gasteiger partial charge in [0.15, 0.2) is 0 Å². The second-order valence-corrected chi connectivity index (χ2v) is 6.22. The van der Waals surface area contributed by atoms with E-state index in [1.54, 1.807) is 26.4 Å². The van der Waals surface area contributed by atoms with Gasteiger partial charge in [0.2, 0.25) is 10.0 Å². The highest BCUT2D eigenvalue weighted by Gasteiger charge is 2.32. The third kappa shape index (κ3) is 3.05. The Bertz CT molecular complexity index is 533. The van der Waals surface area contributed by atoms with E-state index >= 15 is 0 Å². The molecule has 0 spiro atoms. The maximum absolute atomic E-state index is 12.4. The van der Waals surface area contributed by atoms with Crippen molar-refractivity contribution < 1.29 is 13.2 Å². The van der Waals surface area contributed by atoms with Crippen LogP contribution >= 0.6 is 0 Å². The van der Waals surface area contributed by atoms with E-state index in [0.29, 0.717) is 5.82 Å². The number of nitrogens with one attached hydrogen (secondary N) is 2. The molecule has 2 unspecified atom stereocenters. The predicted molar refractivity (Wildman–Crippen MR) is 72.5 cm³/mol. The van der Waals surface area contributed by atoms with E-state index in [9.17, 15) is 8.42 Å². The van der Waals surface area contributed by atoms with Gasteiger partial charge in [0.1, 0.15) is 10.7 Å². The lowest BCUT2D eigenvalue weighted by Gasteiger charge is -2.20. The molecule has 0 aliphatic heterocycles. The van der Waals surface area contributed by atoms with E-state index in [2.05, 4.69) is 15.0 Å². The molecule has 1 fully saturated rings. The van der Waals surface area contributed by atoms with Gasteiger partial charge in [-0.05, 0) is 31.4 Å². The molecule has 19 heavy (non-hydrogen) atoms. The van der Waals surface area contributed by atoms with Crippen LogP contribution in [0.2, 0.25) is 0 Å². The Morgan fingerprint density at radius 2 is 2.21 bits per heavy atom. The normalized spacial score (nSPS) is 23.5. The first-order chi connectivity index (χ1) is 9.08. The summed E-state index contributed by atoms with van der Waals surface area (Å²) in [5.74, 6) is 0.349. The second kappa shape index (κ2) is 5.85. The van der Waals surface area contributed by atoms with Gasteiger partial charge in [0.25, 0.3) is 0 Å². The molecule has 0 aromatic carbocycles. The molecule has 6 nitrogen and oxygen atoms in total. The molecule has 0 saturated heterocycles. The van der Waals surface area contributed by atoms with E-state index in [1.165, 1.54) is 6.07 Å². The summed E-state index contributed by atoms with van der Waals surface area (Å²) in [7, 11) is -0.325. The summed E-state index contributed by atoms with van der Waals surface area (Å²) < 4.78 is 32.8. The lowest BCUT2D eigenvalue weighted by Crippen LogP contribution is -2.40. The Hall–Kier alpha value is -1.18. The van der Waals surface area contributed by atoms with Crippen LogP contribution in [0.1, 0.15) is 19.3 Å². The van der Waals surface area contributed by atoms with Gasteiger partial charge in [0.05, 0.1) is 6.10 Å². The summed E-state index contributed by atoms with van der Waals surface area (Å²) in [5, 5.41) is 2.79. The molecular formula is C12H19N3O3S. The van der Waals surface area contributed by atoms with E-state index in [1.807, 2.05) is 0 Å². The minimum Gasteiger partial charge on any atom is -0.380 e. The van der Waals surface area contributed by atoms with Gasteiger partial charge in [-0.15, -0.1) is 0 Å². The standard InChI is InChI=1S/C12H19N3O3S/c1-13-12-11(7-4-8-14-12)19(16,17)15-9-5-3-6-10(9)18-2/h4,7-10,15H,3,5-6H2,1-2H3,(H,13,14). The molecule has 1 saturated carbocycles. The fourth-order valence-corrected chi connectivity index (χ4v) is 3.86. The van der Waals surface area contributed by atoms with E-state index in [-0.39, 0.29) is 17.0 Å². The zero-order valence-corrected chi connectivity index (χ0v) is 11.9. The third-order valence-electron chi connectivity index (χ3n) is 3.36. The molecule has 7 heteroatoms. The second-order valence-electron chi connectivity index (χ2n) is 4.53. The lowest BCUT2D eigenvalue weighted by molar-refractivity contribution is 0.0916. The van der Waals surface area contributed by atoms with Gasteiger partial charge in [-0.2, -0.15) is 0 Å². The number of anilines is 1. The van der Waals surface area contributed by atoms with Crippen LogP contribution in [-0.2, 0) is 14.8 Å². The molecule has 106 valence electrons. The van der Waals surface area contributed by atoms with Gasteiger partial charge in [-0.25, -0.2) is 18.1 Å². The summed E-state index contributed by atoms with van der Waals surface area (Å²) in [6.45, 7) is 0. The number of nitrogens with zero attached hydrogens (tertiary/aromatic N) is 1. The number of sulfonamides is 1. The molecule has 2 atom stereocenters. The lowest BCUT2D eigenvalue weighted by atomic mass is 10.2. The quantitative estimate of drug-likeness (QED) is 0.842. The number of methoxy groups -OCH3 is 1. The highest BCUT2D eigenvalue weighted by Crippen LogP contribution is 2.25. The average Bonchev–Trinajstić information content (AvgIpc) is 2.85. The zero-order chi connectivity index (χ0) is 13.9.